The Bertz CT molecular complexity index is 1110. The highest BCUT2D eigenvalue weighted by molar-refractivity contribution is 7.89. The third-order valence-corrected chi connectivity index (χ3v) is 7.05. The SMILES string of the molecule is COc1ccc(C(=O)NCc2cc3ccccc3[nH]2)cc1S(=O)(=O)N1CCCC1. The second kappa shape index (κ2) is 7.88. The molecule has 2 N–H and O–H groups in total. The van der Waals surface area contributed by atoms with E-state index in [1.807, 2.05) is 30.3 Å². The fraction of sp³-hybridized carbons (Fsp3) is 0.286. The molecule has 0 bridgehead atoms. The number of aromatic nitrogens is 1. The lowest BCUT2D eigenvalue weighted by Gasteiger charge is -2.18. The molecule has 4 rings (SSSR count). The maximum absolute atomic E-state index is 13.0. The van der Waals surface area contributed by atoms with Gasteiger partial charge in [0.25, 0.3) is 5.91 Å². The summed E-state index contributed by atoms with van der Waals surface area (Å²) in [4.78, 5) is 15.9. The van der Waals surface area contributed by atoms with E-state index in [0.717, 1.165) is 29.4 Å². The van der Waals surface area contributed by atoms with Gasteiger partial charge in [-0.25, -0.2) is 8.42 Å². The number of aromatic amines is 1. The molecule has 0 atom stereocenters. The highest BCUT2D eigenvalue weighted by atomic mass is 32.2. The number of carbonyl (C=O) groups excluding carboxylic acids is 1. The van der Waals surface area contributed by atoms with Crippen molar-refractivity contribution in [3.8, 4) is 5.75 Å². The lowest BCUT2D eigenvalue weighted by Crippen LogP contribution is -2.29. The van der Waals surface area contributed by atoms with Crippen molar-refractivity contribution in [3.63, 3.8) is 0 Å². The first kappa shape index (κ1) is 19.5. The Morgan fingerprint density at radius 2 is 1.90 bits per heavy atom. The van der Waals surface area contributed by atoms with Crippen LogP contribution >= 0.6 is 0 Å². The number of nitrogens with zero attached hydrogens (tertiary/aromatic N) is 1. The lowest BCUT2D eigenvalue weighted by atomic mass is 10.2. The Morgan fingerprint density at radius 3 is 2.62 bits per heavy atom. The van der Waals surface area contributed by atoms with Crippen LogP contribution in [0.4, 0.5) is 0 Å². The molecule has 8 heteroatoms. The smallest absolute Gasteiger partial charge is 0.251 e. The molecule has 0 aliphatic carbocycles. The molecule has 1 aliphatic rings. The van der Waals surface area contributed by atoms with Crippen molar-refractivity contribution in [1.82, 2.24) is 14.6 Å². The first-order chi connectivity index (χ1) is 14.0. The van der Waals surface area contributed by atoms with Crippen LogP contribution in [0.5, 0.6) is 5.75 Å². The molecule has 7 nitrogen and oxygen atoms in total. The predicted molar refractivity (Wildman–Crippen MR) is 110 cm³/mol. The zero-order valence-electron chi connectivity index (χ0n) is 16.1. The number of sulfonamides is 1. The topological polar surface area (TPSA) is 91.5 Å². The largest absolute Gasteiger partial charge is 0.495 e. The van der Waals surface area contributed by atoms with Crippen molar-refractivity contribution < 1.29 is 17.9 Å². The van der Waals surface area contributed by atoms with Gasteiger partial charge in [-0.1, -0.05) is 18.2 Å². The van der Waals surface area contributed by atoms with Crippen LogP contribution in [0.2, 0.25) is 0 Å². The summed E-state index contributed by atoms with van der Waals surface area (Å²) in [7, 11) is -2.28. The van der Waals surface area contributed by atoms with Gasteiger partial charge in [0.1, 0.15) is 10.6 Å². The van der Waals surface area contributed by atoms with Crippen LogP contribution in [0.3, 0.4) is 0 Å². The Morgan fingerprint density at radius 1 is 1.14 bits per heavy atom. The van der Waals surface area contributed by atoms with Gasteiger partial charge in [0, 0.05) is 29.9 Å². The highest BCUT2D eigenvalue weighted by Crippen LogP contribution is 2.29. The number of rotatable bonds is 6. The van der Waals surface area contributed by atoms with Gasteiger partial charge in [-0.15, -0.1) is 0 Å². The van der Waals surface area contributed by atoms with Crippen molar-refractivity contribution in [2.75, 3.05) is 20.2 Å². The van der Waals surface area contributed by atoms with Gasteiger partial charge in [-0.2, -0.15) is 4.31 Å². The van der Waals surface area contributed by atoms with Gasteiger partial charge in [-0.3, -0.25) is 4.79 Å². The van der Waals surface area contributed by atoms with Crippen LogP contribution in [0.15, 0.2) is 53.4 Å². The fourth-order valence-electron chi connectivity index (χ4n) is 3.59. The van der Waals surface area contributed by atoms with E-state index in [2.05, 4.69) is 10.3 Å². The second-order valence-corrected chi connectivity index (χ2v) is 8.95. The minimum absolute atomic E-state index is 0.0279. The molecule has 1 aliphatic heterocycles. The number of methoxy groups -OCH3 is 1. The Hall–Kier alpha value is -2.84. The zero-order valence-corrected chi connectivity index (χ0v) is 17.0. The number of H-pyrrole nitrogens is 1. The summed E-state index contributed by atoms with van der Waals surface area (Å²) < 4.78 is 32.6. The maximum Gasteiger partial charge on any atom is 0.251 e. The Balaban J connectivity index is 1.55. The van der Waals surface area contributed by atoms with E-state index in [-0.39, 0.29) is 22.1 Å². The number of ether oxygens (including phenoxy) is 1. The minimum Gasteiger partial charge on any atom is -0.495 e. The average molecular weight is 413 g/mol. The third kappa shape index (κ3) is 3.86. The number of hydrogen-bond acceptors (Lipinski definition) is 4. The molecule has 2 aromatic carbocycles. The third-order valence-electron chi connectivity index (χ3n) is 5.13. The molecule has 1 fully saturated rings. The number of amides is 1. The number of carbonyl (C=O) groups is 1. The first-order valence-corrected chi connectivity index (χ1v) is 11.0. The Labute approximate surface area is 169 Å². The summed E-state index contributed by atoms with van der Waals surface area (Å²) >= 11 is 0. The van der Waals surface area contributed by atoms with Crippen LogP contribution in [-0.2, 0) is 16.6 Å². The molecule has 152 valence electrons. The van der Waals surface area contributed by atoms with Crippen molar-refractivity contribution in [3.05, 3.63) is 59.8 Å². The predicted octanol–water partition coefficient (Wildman–Crippen LogP) is 2.89. The van der Waals surface area contributed by atoms with E-state index >= 15 is 0 Å². The van der Waals surface area contributed by atoms with Crippen molar-refractivity contribution >= 4 is 26.8 Å². The number of para-hydroxylation sites is 1. The Kier molecular flexibility index (Phi) is 5.29. The summed E-state index contributed by atoms with van der Waals surface area (Å²) in [6.07, 6.45) is 1.68. The van der Waals surface area contributed by atoms with E-state index in [1.165, 1.54) is 23.5 Å². The molecule has 1 amide bonds. The van der Waals surface area contributed by atoms with E-state index in [1.54, 1.807) is 6.07 Å². The van der Waals surface area contributed by atoms with Gasteiger partial charge in [0.2, 0.25) is 10.0 Å². The number of hydrogen-bond donors (Lipinski definition) is 2. The summed E-state index contributed by atoms with van der Waals surface area (Å²) in [6.45, 7) is 1.29. The normalized spacial score (nSPS) is 14.9. The molecular weight excluding hydrogens is 390 g/mol. The fourth-order valence-corrected chi connectivity index (χ4v) is 5.29. The standard InChI is InChI=1S/C21H23N3O4S/c1-28-19-9-8-16(13-20(19)29(26,27)24-10-4-5-11-24)21(25)22-14-17-12-15-6-2-3-7-18(15)23-17/h2-3,6-9,12-13,23H,4-5,10-11,14H2,1H3,(H,22,25). The monoisotopic (exact) mass is 413 g/mol. The number of benzene rings is 2. The lowest BCUT2D eigenvalue weighted by molar-refractivity contribution is 0.0950. The van der Waals surface area contributed by atoms with Crippen LogP contribution in [0, 0.1) is 0 Å². The average Bonchev–Trinajstić information content (AvgIpc) is 3.41. The number of fused-ring (bicyclic) bond motifs is 1. The van der Waals surface area contributed by atoms with Crippen molar-refractivity contribution in [1.29, 1.82) is 0 Å². The van der Waals surface area contributed by atoms with E-state index in [9.17, 15) is 13.2 Å². The maximum atomic E-state index is 13.0. The molecule has 0 saturated carbocycles. The van der Waals surface area contributed by atoms with E-state index in [4.69, 9.17) is 4.74 Å². The minimum atomic E-state index is -3.70. The molecule has 1 saturated heterocycles. The summed E-state index contributed by atoms with van der Waals surface area (Å²) in [5.41, 5.74) is 2.15. The molecule has 3 aromatic rings. The summed E-state index contributed by atoms with van der Waals surface area (Å²) in [6, 6.07) is 14.3. The number of nitrogens with one attached hydrogen (secondary N) is 2. The van der Waals surface area contributed by atoms with Crippen molar-refractivity contribution in [2.45, 2.75) is 24.3 Å². The molecule has 0 unspecified atom stereocenters. The van der Waals surface area contributed by atoms with Crippen LogP contribution in [0.25, 0.3) is 10.9 Å². The van der Waals surface area contributed by atoms with Gasteiger partial charge in [0.05, 0.1) is 13.7 Å². The summed E-state index contributed by atoms with van der Waals surface area (Å²) in [5, 5.41) is 3.91. The van der Waals surface area contributed by atoms with Crippen molar-refractivity contribution in [2.24, 2.45) is 0 Å². The van der Waals surface area contributed by atoms with Gasteiger partial charge in [-0.05, 0) is 48.6 Å². The zero-order chi connectivity index (χ0) is 20.4. The highest BCUT2D eigenvalue weighted by Gasteiger charge is 2.30. The van der Waals surface area contributed by atoms with Crippen LogP contribution in [0.1, 0.15) is 28.9 Å². The molecule has 0 spiro atoms. The first-order valence-electron chi connectivity index (χ1n) is 9.52. The van der Waals surface area contributed by atoms with Gasteiger partial charge in [0.15, 0.2) is 0 Å². The molecule has 0 radical (unpaired) electrons. The van der Waals surface area contributed by atoms with E-state index < -0.39 is 10.0 Å². The molecule has 29 heavy (non-hydrogen) atoms. The van der Waals surface area contributed by atoms with E-state index in [0.29, 0.717) is 19.6 Å². The molecular formula is C21H23N3O4S. The molecule has 2 heterocycles. The second-order valence-electron chi connectivity index (χ2n) is 7.04. The van der Waals surface area contributed by atoms with Crippen LogP contribution < -0.4 is 10.1 Å². The van der Waals surface area contributed by atoms with Gasteiger partial charge < -0.3 is 15.0 Å². The van der Waals surface area contributed by atoms with Gasteiger partial charge >= 0.3 is 0 Å². The van der Waals surface area contributed by atoms with Crippen LogP contribution in [-0.4, -0.2) is 43.8 Å². The molecule has 1 aromatic heterocycles. The quantitative estimate of drug-likeness (QED) is 0.650. The summed E-state index contributed by atoms with van der Waals surface area (Å²) in [5.74, 6) is -0.103.